The van der Waals surface area contributed by atoms with Gasteiger partial charge in [0.2, 0.25) is 6.79 Å². The molecule has 3 N–H and O–H groups in total. The van der Waals surface area contributed by atoms with E-state index in [1.807, 2.05) is 18.2 Å². The average Bonchev–Trinajstić information content (AvgIpc) is 3.43. The molecule has 0 spiro atoms. The van der Waals surface area contributed by atoms with Gasteiger partial charge in [0.05, 0.1) is 37.1 Å². The number of nitrogens with two attached hydrogens (primary N) is 1. The maximum atomic E-state index is 6.39. The number of fused-ring (bicyclic) bond motifs is 1. The maximum absolute atomic E-state index is 6.39. The van der Waals surface area contributed by atoms with E-state index in [1.165, 1.54) is 0 Å². The molecular weight excluding hydrogens is 378 g/mol. The molecule has 10 nitrogen and oxygen atoms in total. The van der Waals surface area contributed by atoms with Crippen LogP contribution in [0.2, 0.25) is 0 Å². The molecule has 5 rings (SSSR count). The van der Waals surface area contributed by atoms with Crippen molar-refractivity contribution in [3.63, 3.8) is 0 Å². The number of ether oxygens (including phenoxy) is 4. The molecule has 150 valence electrons. The molecule has 29 heavy (non-hydrogen) atoms. The van der Waals surface area contributed by atoms with Gasteiger partial charge in [0, 0.05) is 18.0 Å². The van der Waals surface area contributed by atoms with Crippen LogP contribution in [0, 0.1) is 0 Å². The lowest BCUT2D eigenvalue weighted by Gasteiger charge is -2.28. The van der Waals surface area contributed by atoms with Crippen molar-refractivity contribution < 1.29 is 23.4 Å². The zero-order valence-corrected chi connectivity index (χ0v) is 15.4. The molecule has 1 fully saturated rings. The quantitative estimate of drug-likeness (QED) is 0.660. The van der Waals surface area contributed by atoms with E-state index in [0.29, 0.717) is 48.5 Å². The summed E-state index contributed by atoms with van der Waals surface area (Å²) in [5, 5.41) is 11.3. The summed E-state index contributed by atoms with van der Waals surface area (Å²) in [4.78, 5) is 4.42. The van der Waals surface area contributed by atoms with Crippen molar-refractivity contribution >= 4 is 11.7 Å². The monoisotopic (exact) mass is 397 g/mol. The number of anilines is 2. The molecule has 10 heteroatoms. The molecule has 4 heterocycles. The van der Waals surface area contributed by atoms with Gasteiger partial charge in [-0.05, 0) is 24.3 Å². The van der Waals surface area contributed by atoms with Crippen LogP contribution >= 0.6 is 0 Å². The van der Waals surface area contributed by atoms with Gasteiger partial charge in [0.25, 0.3) is 5.89 Å². The second kappa shape index (κ2) is 7.66. The lowest BCUT2D eigenvalue weighted by molar-refractivity contribution is -0.0979. The molecule has 0 saturated carbocycles. The van der Waals surface area contributed by atoms with Crippen LogP contribution in [0.15, 0.2) is 40.9 Å². The summed E-state index contributed by atoms with van der Waals surface area (Å²) in [5.41, 5.74) is 8.39. The summed E-state index contributed by atoms with van der Waals surface area (Å²) in [7, 11) is 0. The second-order valence-electron chi connectivity index (χ2n) is 6.55. The van der Waals surface area contributed by atoms with Crippen molar-refractivity contribution in [2.24, 2.45) is 5.73 Å². The molecule has 0 bridgehead atoms. The molecule has 2 aliphatic rings. The Hall–Kier alpha value is -3.21. The standard InChI is InChI=1S/C19H19N5O5/c20-16(15-9-25-6-7-26-15)17-12(2-1-5-21-17)18-23-24-19(29-18)22-11-3-4-13-14(8-11)28-10-27-13/h1-5,8,15-16H,6-7,9-10,20H2,(H,22,24). The van der Waals surface area contributed by atoms with Gasteiger partial charge in [0.15, 0.2) is 11.5 Å². The van der Waals surface area contributed by atoms with E-state index in [9.17, 15) is 0 Å². The third kappa shape index (κ3) is 3.60. The molecular formula is C19H19N5O5. The first-order chi connectivity index (χ1) is 14.3. The SMILES string of the molecule is NC(c1ncccc1-c1nnc(Nc2ccc3c(c2)OCO3)o1)C1COCCO1. The van der Waals surface area contributed by atoms with Gasteiger partial charge in [-0.15, -0.1) is 5.10 Å². The Morgan fingerprint density at radius 2 is 2.03 bits per heavy atom. The van der Waals surface area contributed by atoms with Crippen LogP contribution in [0.5, 0.6) is 11.5 Å². The Balaban J connectivity index is 1.38. The van der Waals surface area contributed by atoms with E-state index in [4.69, 9.17) is 29.1 Å². The van der Waals surface area contributed by atoms with Gasteiger partial charge >= 0.3 is 6.01 Å². The van der Waals surface area contributed by atoms with Crippen LogP contribution in [0.1, 0.15) is 11.7 Å². The minimum absolute atomic E-state index is 0.212. The molecule has 1 aromatic carbocycles. The highest BCUT2D eigenvalue weighted by Crippen LogP contribution is 2.35. The van der Waals surface area contributed by atoms with Gasteiger partial charge in [-0.25, -0.2) is 0 Å². The van der Waals surface area contributed by atoms with Gasteiger partial charge < -0.3 is 34.4 Å². The molecule has 0 radical (unpaired) electrons. The molecule has 2 atom stereocenters. The Kier molecular flexibility index (Phi) is 4.72. The van der Waals surface area contributed by atoms with Crippen molar-refractivity contribution in [3.8, 4) is 23.0 Å². The first-order valence-electron chi connectivity index (χ1n) is 9.18. The fourth-order valence-corrected chi connectivity index (χ4v) is 3.23. The predicted molar refractivity (Wildman–Crippen MR) is 101 cm³/mol. The van der Waals surface area contributed by atoms with Crippen LogP contribution in [0.4, 0.5) is 11.7 Å². The Labute approximate surface area is 165 Å². The Morgan fingerprint density at radius 3 is 2.93 bits per heavy atom. The number of hydrogen-bond donors (Lipinski definition) is 2. The Morgan fingerprint density at radius 1 is 1.10 bits per heavy atom. The largest absolute Gasteiger partial charge is 0.454 e. The minimum atomic E-state index is -0.483. The number of hydrogen-bond acceptors (Lipinski definition) is 10. The number of aromatic nitrogens is 3. The maximum Gasteiger partial charge on any atom is 0.320 e. The van der Waals surface area contributed by atoms with Crippen molar-refractivity contribution in [2.75, 3.05) is 31.9 Å². The summed E-state index contributed by atoms with van der Waals surface area (Å²) < 4.78 is 27.7. The first kappa shape index (κ1) is 17.9. The zero-order valence-electron chi connectivity index (χ0n) is 15.4. The second-order valence-corrected chi connectivity index (χ2v) is 6.55. The van der Waals surface area contributed by atoms with Crippen LogP contribution < -0.4 is 20.5 Å². The number of rotatable bonds is 5. The molecule has 3 aromatic rings. The summed E-state index contributed by atoms with van der Waals surface area (Å²) in [6, 6.07) is 8.83. The fourth-order valence-electron chi connectivity index (χ4n) is 3.23. The predicted octanol–water partition coefficient (Wildman–Crippen LogP) is 2.02. The summed E-state index contributed by atoms with van der Waals surface area (Å²) in [5.74, 6) is 1.66. The van der Waals surface area contributed by atoms with E-state index >= 15 is 0 Å². The lowest BCUT2D eigenvalue weighted by Crippen LogP contribution is -2.38. The molecule has 1 saturated heterocycles. The van der Waals surface area contributed by atoms with E-state index in [2.05, 4.69) is 20.5 Å². The van der Waals surface area contributed by atoms with Crippen molar-refractivity contribution in [1.82, 2.24) is 15.2 Å². The molecule has 0 aliphatic carbocycles. The topological polar surface area (TPSA) is 127 Å². The van der Waals surface area contributed by atoms with Crippen molar-refractivity contribution in [3.05, 3.63) is 42.2 Å². The molecule has 2 unspecified atom stereocenters. The van der Waals surface area contributed by atoms with Gasteiger partial charge in [0.1, 0.15) is 6.10 Å². The average molecular weight is 397 g/mol. The number of benzene rings is 1. The van der Waals surface area contributed by atoms with Gasteiger partial charge in [-0.1, -0.05) is 5.10 Å². The van der Waals surface area contributed by atoms with Crippen molar-refractivity contribution in [2.45, 2.75) is 12.1 Å². The lowest BCUT2D eigenvalue weighted by atomic mass is 10.0. The third-order valence-corrected chi connectivity index (χ3v) is 4.68. The highest BCUT2D eigenvalue weighted by atomic mass is 16.7. The van der Waals surface area contributed by atoms with E-state index in [1.54, 1.807) is 18.3 Å². The van der Waals surface area contributed by atoms with E-state index < -0.39 is 6.04 Å². The van der Waals surface area contributed by atoms with E-state index in [-0.39, 0.29) is 18.9 Å². The number of nitrogens with one attached hydrogen (secondary N) is 1. The van der Waals surface area contributed by atoms with Crippen LogP contribution in [-0.4, -0.2) is 47.9 Å². The van der Waals surface area contributed by atoms with Gasteiger partial charge in [-0.3, -0.25) is 4.98 Å². The summed E-state index contributed by atoms with van der Waals surface area (Å²) in [6.07, 6.45) is 1.39. The molecule has 2 aromatic heterocycles. The van der Waals surface area contributed by atoms with Crippen LogP contribution in [-0.2, 0) is 9.47 Å². The van der Waals surface area contributed by atoms with Crippen LogP contribution in [0.25, 0.3) is 11.5 Å². The van der Waals surface area contributed by atoms with Crippen LogP contribution in [0.3, 0.4) is 0 Å². The molecule has 0 amide bonds. The summed E-state index contributed by atoms with van der Waals surface area (Å²) in [6.45, 7) is 1.70. The smallest absolute Gasteiger partial charge is 0.320 e. The van der Waals surface area contributed by atoms with Gasteiger partial charge in [-0.2, -0.15) is 0 Å². The molecule has 2 aliphatic heterocycles. The number of nitrogens with zero attached hydrogens (tertiary/aromatic N) is 3. The zero-order chi connectivity index (χ0) is 19.6. The highest BCUT2D eigenvalue weighted by Gasteiger charge is 2.28. The Bertz CT molecular complexity index is 1000. The third-order valence-electron chi connectivity index (χ3n) is 4.68. The first-order valence-corrected chi connectivity index (χ1v) is 9.18. The normalized spacial score (nSPS) is 19.1. The van der Waals surface area contributed by atoms with E-state index in [0.717, 1.165) is 5.69 Å². The summed E-state index contributed by atoms with van der Waals surface area (Å²) >= 11 is 0. The fraction of sp³-hybridized carbons (Fsp3) is 0.316. The highest BCUT2D eigenvalue weighted by molar-refractivity contribution is 5.62. The number of pyridine rings is 1. The van der Waals surface area contributed by atoms with Crippen molar-refractivity contribution in [1.29, 1.82) is 0 Å². The minimum Gasteiger partial charge on any atom is -0.454 e.